The summed E-state index contributed by atoms with van der Waals surface area (Å²) in [6.45, 7) is 0.185. The largest absolute Gasteiger partial charge is 0.508 e. The minimum atomic E-state index is -0.641. The smallest absolute Gasteiger partial charge is 0.258 e. The van der Waals surface area contributed by atoms with Crippen molar-refractivity contribution in [2.75, 3.05) is 7.11 Å². The van der Waals surface area contributed by atoms with Gasteiger partial charge in [-0.2, -0.15) is 0 Å². The van der Waals surface area contributed by atoms with Crippen molar-refractivity contribution in [3.63, 3.8) is 0 Å². The number of hydrogen-bond donors (Lipinski definition) is 2. The Bertz CT molecular complexity index is 628. The molecule has 0 aliphatic rings. The molecule has 0 aliphatic carbocycles. The van der Waals surface area contributed by atoms with Crippen molar-refractivity contribution in [2.45, 2.75) is 6.54 Å². The number of carbonyl (C=O) groups is 1. The number of phenols is 1. The second-order valence-corrected chi connectivity index (χ2v) is 4.17. The van der Waals surface area contributed by atoms with E-state index in [2.05, 4.69) is 5.32 Å². The van der Waals surface area contributed by atoms with E-state index < -0.39 is 11.7 Å². The number of rotatable bonds is 4. The fourth-order valence-electron chi connectivity index (χ4n) is 1.83. The van der Waals surface area contributed by atoms with Gasteiger partial charge in [0.15, 0.2) is 0 Å². The summed E-state index contributed by atoms with van der Waals surface area (Å²) in [6.07, 6.45) is 0. The van der Waals surface area contributed by atoms with Crippen LogP contribution in [-0.4, -0.2) is 18.1 Å². The number of halogens is 1. The standard InChI is InChI=1S/C15H14FNO3/c1-20-13-7-3-6-12(16)14(13)15(19)17-9-10-4-2-5-11(18)8-10/h2-8,18H,9H2,1H3,(H,17,19). The Kier molecular flexibility index (Phi) is 4.20. The van der Waals surface area contributed by atoms with Crippen LogP contribution in [0.25, 0.3) is 0 Å². The lowest BCUT2D eigenvalue weighted by molar-refractivity contribution is 0.0943. The number of phenolic OH excluding ortho intramolecular Hbond substituents is 1. The lowest BCUT2D eigenvalue weighted by Gasteiger charge is -2.10. The van der Waals surface area contributed by atoms with Gasteiger partial charge in [-0.3, -0.25) is 4.79 Å². The summed E-state index contributed by atoms with van der Waals surface area (Å²) in [5.41, 5.74) is 0.587. The van der Waals surface area contributed by atoms with Crippen molar-refractivity contribution in [1.82, 2.24) is 5.32 Å². The van der Waals surface area contributed by atoms with Crippen LogP contribution in [0.2, 0.25) is 0 Å². The first kappa shape index (κ1) is 13.9. The van der Waals surface area contributed by atoms with E-state index in [0.29, 0.717) is 5.56 Å². The molecule has 4 nitrogen and oxygen atoms in total. The van der Waals surface area contributed by atoms with Crippen molar-refractivity contribution >= 4 is 5.91 Å². The molecule has 104 valence electrons. The molecule has 0 heterocycles. The van der Waals surface area contributed by atoms with Crippen molar-refractivity contribution in [1.29, 1.82) is 0 Å². The lowest BCUT2D eigenvalue weighted by atomic mass is 10.1. The molecule has 5 heteroatoms. The van der Waals surface area contributed by atoms with Crippen molar-refractivity contribution < 1.29 is 19.0 Å². The van der Waals surface area contributed by atoms with E-state index in [0.717, 1.165) is 0 Å². The summed E-state index contributed by atoms with van der Waals surface area (Å²) in [5, 5.41) is 11.9. The maximum absolute atomic E-state index is 13.7. The Morgan fingerprint density at radius 2 is 2.05 bits per heavy atom. The number of aromatic hydroxyl groups is 1. The number of carbonyl (C=O) groups excluding carboxylic acids is 1. The average Bonchev–Trinajstić information content (AvgIpc) is 2.44. The van der Waals surface area contributed by atoms with Crippen LogP contribution in [-0.2, 0) is 6.54 Å². The van der Waals surface area contributed by atoms with Crippen molar-refractivity contribution in [3.8, 4) is 11.5 Å². The van der Waals surface area contributed by atoms with Gasteiger partial charge in [-0.05, 0) is 29.8 Å². The summed E-state index contributed by atoms with van der Waals surface area (Å²) in [5.74, 6) is -0.917. The molecular formula is C15H14FNO3. The van der Waals surface area contributed by atoms with E-state index >= 15 is 0 Å². The second-order valence-electron chi connectivity index (χ2n) is 4.17. The highest BCUT2D eigenvalue weighted by atomic mass is 19.1. The quantitative estimate of drug-likeness (QED) is 0.901. The maximum atomic E-state index is 13.7. The van der Waals surface area contributed by atoms with Crippen LogP contribution in [0.4, 0.5) is 4.39 Å². The number of ether oxygens (including phenoxy) is 1. The summed E-state index contributed by atoms with van der Waals surface area (Å²) in [4.78, 5) is 12.0. The molecule has 0 bridgehead atoms. The van der Waals surface area contributed by atoms with Gasteiger partial charge in [0.05, 0.1) is 7.11 Å². The van der Waals surface area contributed by atoms with Gasteiger partial charge < -0.3 is 15.2 Å². The van der Waals surface area contributed by atoms with Crippen LogP contribution in [0.3, 0.4) is 0 Å². The zero-order valence-corrected chi connectivity index (χ0v) is 10.9. The van der Waals surface area contributed by atoms with Gasteiger partial charge in [-0.1, -0.05) is 18.2 Å². The number of benzene rings is 2. The molecule has 0 saturated heterocycles. The van der Waals surface area contributed by atoms with Gasteiger partial charge >= 0.3 is 0 Å². The van der Waals surface area contributed by atoms with Crippen LogP contribution in [0.15, 0.2) is 42.5 Å². The zero-order valence-electron chi connectivity index (χ0n) is 10.9. The van der Waals surface area contributed by atoms with Gasteiger partial charge in [-0.25, -0.2) is 4.39 Å². The van der Waals surface area contributed by atoms with Gasteiger partial charge in [0.2, 0.25) is 0 Å². The topological polar surface area (TPSA) is 58.6 Å². The molecule has 2 N–H and O–H groups in total. The summed E-state index contributed by atoms with van der Waals surface area (Å²) < 4.78 is 18.7. The first-order valence-corrected chi connectivity index (χ1v) is 6.00. The Labute approximate surface area is 115 Å². The molecule has 0 saturated carbocycles. The number of hydrogen-bond acceptors (Lipinski definition) is 3. The van der Waals surface area contributed by atoms with Crippen LogP contribution < -0.4 is 10.1 Å². The van der Waals surface area contributed by atoms with Crippen LogP contribution in [0, 0.1) is 5.82 Å². The molecule has 0 aromatic heterocycles. The van der Waals surface area contributed by atoms with Crippen LogP contribution in [0.1, 0.15) is 15.9 Å². The lowest BCUT2D eigenvalue weighted by Crippen LogP contribution is -2.24. The highest BCUT2D eigenvalue weighted by Gasteiger charge is 2.17. The monoisotopic (exact) mass is 275 g/mol. The Hall–Kier alpha value is -2.56. The Balaban J connectivity index is 2.13. The molecule has 2 rings (SSSR count). The molecule has 2 aromatic rings. The molecular weight excluding hydrogens is 261 g/mol. The third kappa shape index (κ3) is 3.06. The predicted molar refractivity (Wildman–Crippen MR) is 72.2 cm³/mol. The molecule has 0 radical (unpaired) electrons. The van der Waals surface area contributed by atoms with Crippen LogP contribution in [0.5, 0.6) is 11.5 Å². The van der Waals surface area contributed by atoms with E-state index in [-0.39, 0.29) is 23.6 Å². The van der Waals surface area contributed by atoms with Gasteiger partial charge in [0.25, 0.3) is 5.91 Å². The molecule has 2 aromatic carbocycles. The minimum Gasteiger partial charge on any atom is -0.508 e. The highest BCUT2D eigenvalue weighted by Crippen LogP contribution is 2.21. The molecule has 1 amide bonds. The summed E-state index contributed by atoms with van der Waals surface area (Å²) >= 11 is 0. The van der Waals surface area contributed by atoms with E-state index in [1.54, 1.807) is 12.1 Å². The highest BCUT2D eigenvalue weighted by molar-refractivity contribution is 5.97. The first-order valence-electron chi connectivity index (χ1n) is 6.00. The molecule has 20 heavy (non-hydrogen) atoms. The number of nitrogens with one attached hydrogen (secondary N) is 1. The molecule has 0 fully saturated rings. The van der Waals surface area contributed by atoms with E-state index in [9.17, 15) is 14.3 Å². The fraction of sp³-hybridized carbons (Fsp3) is 0.133. The SMILES string of the molecule is COc1cccc(F)c1C(=O)NCc1cccc(O)c1. The first-order chi connectivity index (χ1) is 9.61. The average molecular weight is 275 g/mol. The number of amides is 1. The number of methoxy groups -OCH3 is 1. The van der Waals surface area contributed by atoms with Gasteiger partial charge in [0, 0.05) is 6.54 Å². The predicted octanol–water partition coefficient (Wildman–Crippen LogP) is 2.47. The Morgan fingerprint density at radius 1 is 1.30 bits per heavy atom. The molecule has 0 spiro atoms. The second kappa shape index (κ2) is 6.06. The maximum Gasteiger partial charge on any atom is 0.258 e. The van der Waals surface area contributed by atoms with E-state index in [4.69, 9.17) is 4.74 Å². The van der Waals surface area contributed by atoms with Crippen molar-refractivity contribution in [3.05, 3.63) is 59.4 Å². The van der Waals surface area contributed by atoms with E-state index in [1.807, 2.05) is 0 Å². The molecule has 0 aliphatic heterocycles. The van der Waals surface area contributed by atoms with Crippen molar-refractivity contribution in [2.24, 2.45) is 0 Å². The molecule has 0 atom stereocenters. The van der Waals surface area contributed by atoms with Crippen LogP contribution >= 0.6 is 0 Å². The van der Waals surface area contributed by atoms with Gasteiger partial charge in [-0.15, -0.1) is 0 Å². The van der Waals surface area contributed by atoms with E-state index in [1.165, 1.54) is 37.4 Å². The summed E-state index contributed by atoms with van der Waals surface area (Å²) in [6, 6.07) is 10.7. The third-order valence-corrected chi connectivity index (χ3v) is 2.79. The zero-order chi connectivity index (χ0) is 14.5. The third-order valence-electron chi connectivity index (χ3n) is 2.79. The normalized spacial score (nSPS) is 10.1. The fourth-order valence-corrected chi connectivity index (χ4v) is 1.83. The minimum absolute atomic E-state index is 0.111. The Morgan fingerprint density at radius 3 is 2.75 bits per heavy atom. The molecule has 0 unspecified atom stereocenters. The van der Waals surface area contributed by atoms with Gasteiger partial charge in [0.1, 0.15) is 22.9 Å². The summed E-state index contributed by atoms with van der Waals surface area (Å²) in [7, 11) is 1.38.